The van der Waals surface area contributed by atoms with Gasteiger partial charge in [-0.3, -0.25) is 4.79 Å². The maximum Gasteiger partial charge on any atom is 0.237 e. The highest BCUT2D eigenvalue weighted by molar-refractivity contribution is 5.85. The molecule has 0 saturated heterocycles. The van der Waals surface area contributed by atoms with Gasteiger partial charge in [0.15, 0.2) is 0 Å². The fourth-order valence-electron chi connectivity index (χ4n) is 1.71. The molecule has 0 bridgehead atoms. The predicted octanol–water partition coefficient (Wildman–Crippen LogP) is 3.22. The fourth-order valence-corrected chi connectivity index (χ4v) is 1.71. The zero-order valence-corrected chi connectivity index (χ0v) is 13.9. The molecule has 0 fully saturated rings. The van der Waals surface area contributed by atoms with Crippen LogP contribution in [0.15, 0.2) is 24.3 Å². The molecule has 1 aromatic rings. The summed E-state index contributed by atoms with van der Waals surface area (Å²) in [7, 11) is 0. The SMILES string of the molecule is CC(C)c1ccc(CNC(=O)[C@@H](N)C(C)(C)C)cc1.Cl. The van der Waals surface area contributed by atoms with Crippen molar-refractivity contribution in [3.05, 3.63) is 35.4 Å². The Kier molecular flexibility index (Phi) is 7.25. The quantitative estimate of drug-likeness (QED) is 0.897. The zero-order valence-electron chi connectivity index (χ0n) is 13.1. The van der Waals surface area contributed by atoms with Crippen LogP contribution in [0.5, 0.6) is 0 Å². The van der Waals surface area contributed by atoms with Crippen LogP contribution in [0.25, 0.3) is 0 Å². The van der Waals surface area contributed by atoms with Gasteiger partial charge in [0.05, 0.1) is 6.04 Å². The van der Waals surface area contributed by atoms with Crippen LogP contribution in [0.1, 0.15) is 51.7 Å². The number of carbonyl (C=O) groups is 1. The van der Waals surface area contributed by atoms with Gasteiger partial charge in [0.2, 0.25) is 5.91 Å². The lowest BCUT2D eigenvalue weighted by atomic mass is 9.87. The van der Waals surface area contributed by atoms with Crippen molar-refractivity contribution in [3.63, 3.8) is 0 Å². The molecule has 0 aliphatic rings. The van der Waals surface area contributed by atoms with Crippen molar-refractivity contribution in [2.24, 2.45) is 11.1 Å². The number of nitrogens with two attached hydrogens (primary N) is 1. The van der Waals surface area contributed by atoms with E-state index in [-0.39, 0.29) is 23.7 Å². The smallest absolute Gasteiger partial charge is 0.237 e. The Bertz CT molecular complexity index is 421. The van der Waals surface area contributed by atoms with Crippen LogP contribution in [0.2, 0.25) is 0 Å². The van der Waals surface area contributed by atoms with E-state index >= 15 is 0 Å². The van der Waals surface area contributed by atoms with Gasteiger partial charge in [-0.25, -0.2) is 0 Å². The van der Waals surface area contributed by atoms with Crippen molar-refractivity contribution >= 4 is 18.3 Å². The first kappa shape index (κ1) is 18.9. The van der Waals surface area contributed by atoms with Crippen molar-refractivity contribution in [2.45, 2.75) is 53.1 Å². The van der Waals surface area contributed by atoms with E-state index in [2.05, 4.69) is 43.4 Å². The molecule has 0 aromatic heterocycles. The first-order valence-electron chi connectivity index (χ1n) is 6.84. The third-order valence-electron chi connectivity index (χ3n) is 3.33. The number of amides is 1. The molecule has 0 radical (unpaired) electrons. The van der Waals surface area contributed by atoms with Crippen LogP contribution in [0.3, 0.4) is 0 Å². The molecule has 3 N–H and O–H groups in total. The summed E-state index contributed by atoms with van der Waals surface area (Å²) >= 11 is 0. The van der Waals surface area contributed by atoms with Gasteiger partial charge in [0.25, 0.3) is 0 Å². The Balaban J connectivity index is 0.00000361. The van der Waals surface area contributed by atoms with E-state index in [1.165, 1.54) is 5.56 Å². The molecule has 0 aliphatic carbocycles. The third kappa shape index (κ3) is 5.51. The molecular formula is C16H27ClN2O. The first-order chi connectivity index (χ1) is 8.71. The predicted molar refractivity (Wildman–Crippen MR) is 87.1 cm³/mol. The van der Waals surface area contributed by atoms with Gasteiger partial charge in [-0.15, -0.1) is 12.4 Å². The minimum atomic E-state index is -0.484. The van der Waals surface area contributed by atoms with Crippen LogP contribution < -0.4 is 11.1 Å². The molecule has 0 saturated carbocycles. The molecule has 20 heavy (non-hydrogen) atoms. The number of hydrogen-bond donors (Lipinski definition) is 2. The second-order valence-electron chi connectivity index (χ2n) is 6.46. The van der Waals surface area contributed by atoms with Gasteiger partial charge < -0.3 is 11.1 Å². The van der Waals surface area contributed by atoms with Gasteiger partial charge in [-0.1, -0.05) is 58.9 Å². The summed E-state index contributed by atoms with van der Waals surface area (Å²) in [5.74, 6) is 0.429. The average Bonchev–Trinajstić information content (AvgIpc) is 2.34. The van der Waals surface area contributed by atoms with Crippen LogP contribution in [0.4, 0.5) is 0 Å². The van der Waals surface area contributed by atoms with Crippen LogP contribution in [-0.4, -0.2) is 11.9 Å². The summed E-state index contributed by atoms with van der Waals surface area (Å²) in [6, 6.07) is 7.84. The van der Waals surface area contributed by atoms with E-state index in [9.17, 15) is 4.79 Å². The standard InChI is InChI=1S/C16H26N2O.ClH/c1-11(2)13-8-6-12(7-9-13)10-18-15(19)14(17)16(3,4)5;/h6-9,11,14H,10,17H2,1-5H3,(H,18,19);1H/t14-;/m1./s1. The van der Waals surface area contributed by atoms with Gasteiger partial charge >= 0.3 is 0 Å². The Hall–Kier alpha value is -1.06. The van der Waals surface area contributed by atoms with Gasteiger partial charge in [0.1, 0.15) is 0 Å². The lowest BCUT2D eigenvalue weighted by Crippen LogP contribution is -2.48. The molecule has 0 spiro atoms. The monoisotopic (exact) mass is 298 g/mol. The Morgan fingerprint density at radius 2 is 1.70 bits per heavy atom. The molecule has 114 valence electrons. The molecule has 3 nitrogen and oxygen atoms in total. The van der Waals surface area contributed by atoms with Crippen molar-refractivity contribution in [3.8, 4) is 0 Å². The summed E-state index contributed by atoms with van der Waals surface area (Å²) in [4.78, 5) is 11.9. The van der Waals surface area contributed by atoms with E-state index in [0.29, 0.717) is 12.5 Å². The third-order valence-corrected chi connectivity index (χ3v) is 3.33. The topological polar surface area (TPSA) is 55.1 Å². The summed E-state index contributed by atoms with van der Waals surface area (Å²) < 4.78 is 0. The second kappa shape index (κ2) is 7.65. The molecule has 1 amide bonds. The minimum absolute atomic E-state index is 0. The number of benzene rings is 1. The van der Waals surface area contributed by atoms with E-state index < -0.39 is 6.04 Å². The average molecular weight is 299 g/mol. The second-order valence-corrected chi connectivity index (χ2v) is 6.46. The number of nitrogens with one attached hydrogen (secondary N) is 1. The summed E-state index contributed by atoms with van der Waals surface area (Å²) in [6.45, 7) is 10.8. The molecule has 0 heterocycles. The van der Waals surface area contributed by atoms with Crippen molar-refractivity contribution in [1.82, 2.24) is 5.32 Å². The van der Waals surface area contributed by atoms with Crippen LogP contribution in [-0.2, 0) is 11.3 Å². The Morgan fingerprint density at radius 1 is 1.20 bits per heavy atom. The number of carbonyl (C=O) groups excluding carboxylic acids is 1. The Labute approximate surface area is 128 Å². The highest BCUT2D eigenvalue weighted by atomic mass is 35.5. The van der Waals surface area contributed by atoms with E-state index in [1.807, 2.05) is 20.8 Å². The molecule has 1 rings (SSSR count). The van der Waals surface area contributed by atoms with Crippen molar-refractivity contribution < 1.29 is 4.79 Å². The molecule has 0 aliphatic heterocycles. The summed E-state index contributed by atoms with van der Waals surface area (Å²) in [6.07, 6.45) is 0. The normalized spacial score (nSPS) is 12.8. The summed E-state index contributed by atoms with van der Waals surface area (Å²) in [5, 5.41) is 2.89. The lowest BCUT2D eigenvalue weighted by Gasteiger charge is -2.25. The highest BCUT2D eigenvalue weighted by Gasteiger charge is 2.26. The maximum absolute atomic E-state index is 11.9. The molecule has 1 aromatic carbocycles. The van der Waals surface area contributed by atoms with Gasteiger partial charge in [0, 0.05) is 6.54 Å². The van der Waals surface area contributed by atoms with E-state index in [4.69, 9.17) is 5.73 Å². The van der Waals surface area contributed by atoms with Crippen molar-refractivity contribution in [1.29, 1.82) is 0 Å². The fraction of sp³-hybridized carbons (Fsp3) is 0.562. The van der Waals surface area contributed by atoms with Crippen molar-refractivity contribution in [2.75, 3.05) is 0 Å². The molecule has 1 atom stereocenters. The van der Waals surface area contributed by atoms with E-state index in [0.717, 1.165) is 5.56 Å². The zero-order chi connectivity index (χ0) is 14.6. The Morgan fingerprint density at radius 3 is 2.10 bits per heavy atom. The lowest BCUT2D eigenvalue weighted by molar-refractivity contribution is -0.124. The van der Waals surface area contributed by atoms with Gasteiger partial charge in [-0.2, -0.15) is 0 Å². The highest BCUT2D eigenvalue weighted by Crippen LogP contribution is 2.17. The largest absolute Gasteiger partial charge is 0.351 e. The number of hydrogen-bond acceptors (Lipinski definition) is 2. The molecule has 4 heteroatoms. The first-order valence-corrected chi connectivity index (χ1v) is 6.84. The molecule has 0 unspecified atom stereocenters. The number of halogens is 1. The minimum Gasteiger partial charge on any atom is -0.351 e. The maximum atomic E-state index is 11.9. The van der Waals surface area contributed by atoms with Crippen LogP contribution >= 0.6 is 12.4 Å². The van der Waals surface area contributed by atoms with E-state index in [1.54, 1.807) is 0 Å². The summed E-state index contributed by atoms with van der Waals surface area (Å²) in [5.41, 5.74) is 8.10. The molecular weight excluding hydrogens is 272 g/mol. The van der Waals surface area contributed by atoms with Gasteiger partial charge in [-0.05, 0) is 22.5 Å². The number of rotatable bonds is 4. The van der Waals surface area contributed by atoms with Crippen LogP contribution in [0, 0.1) is 5.41 Å².